The molecule has 0 fully saturated rings. The first-order valence-electron chi connectivity index (χ1n) is 25.2. The zero-order valence-electron chi connectivity index (χ0n) is 42.4. The number of rotatable bonds is 1. The van der Waals surface area contributed by atoms with Crippen molar-refractivity contribution in [1.29, 1.82) is 0 Å². The monoisotopic (exact) mass is 873 g/mol. The molecule has 5 aliphatic rings. The number of aromatic nitrogens is 1. The average Bonchev–Trinajstić information content (AvgIpc) is 3.81. The molecule has 1 aromatic heterocycles. The van der Waals surface area contributed by atoms with Crippen LogP contribution in [0.25, 0.3) is 60.9 Å². The zero-order chi connectivity index (χ0) is 46.9. The van der Waals surface area contributed by atoms with Crippen LogP contribution in [0.3, 0.4) is 0 Å². The van der Waals surface area contributed by atoms with E-state index in [0.717, 1.165) is 0 Å². The summed E-state index contributed by atoms with van der Waals surface area (Å²) in [5.74, 6) is 0. The fourth-order valence-corrected chi connectivity index (χ4v) is 13.7. The van der Waals surface area contributed by atoms with Gasteiger partial charge in [0.2, 0.25) is 0 Å². The molecule has 0 amide bonds. The smallest absolute Gasteiger partial charge is 0.333 e. The van der Waals surface area contributed by atoms with Gasteiger partial charge in [-0.3, -0.25) is 0 Å². The van der Waals surface area contributed by atoms with Gasteiger partial charge in [0.05, 0.1) is 11.0 Å². The van der Waals surface area contributed by atoms with Crippen molar-refractivity contribution >= 4 is 51.0 Å². The number of fused-ring (bicyclic) bond motifs is 15. The second-order valence-electron chi connectivity index (χ2n) is 25.7. The molecule has 8 aromatic rings. The average molecular weight is 873 g/mol. The molecule has 67 heavy (non-hydrogen) atoms. The lowest BCUT2D eigenvalue weighted by molar-refractivity contribution is 0.331. The normalized spacial score (nSPS) is 18.3. The van der Waals surface area contributed by atoms with Gasteiger partial charge in [-0.1, -0.05) is 164 Å². The number of nitrogens with zero attached hydrogens (tertiary/aromatic N) is 2. The minimum atomic E-state index is -0.165. The predicted molar refractivity (Wildman–Crippen MR) is 288 cm³/mol. The molecule has 0 bridgehead atoms. The second kappa shape index (κ2) is 12.6. The molecule has 7 aromatic carbocycles. The van der Waals surface area contributed by atoms with Crippen LogP contribution in [0.1, 0.15) is 154 Å². The Morgan fingerprint density at radius 3 is 1.75 bits per heavy atom. The van der Waals surface area contributed by atoms with Crippen molar-refractivity contribution in [2.24, 2.45) is 0 Å². The second-order valence-corrected chi connectivity index (χ2v) is 25.7. The van der Waals surface area contributed by atoms with Gasteiger partial charge in [0.1, 0.15) is 0 Å². The van der Waals surface area contributed by atoms with Crippen LogP contribution in [0.5, 0.6) is 0 Å². The molecule has 0 radical (unpaired) electrons. The van der Waals surface area contributed by atoms with Crippen LogP contribution in [0.4, 0.5) is 11.4 Å². The number of benzene rings is 7. The van der Waals surface area contributed by atoms with Crippen LogP contribution in [0.2, 0.25) is 0 Å². The summed E-state index contributed by atoms with van der Waals surface area (Å²) in [7, 11) is 0. The fraction of sp³-hybridized carbons (Fsp3) is 0.344. The predicted octanol–water partition coefficient (Wildman–Crippen LogP) is 15.6. The molecule has 3 heteroatoms. The van der Waals surface area contributed by atoms with Crippen molar-refractivity contribution in [3.63, 3.8) is 0 Å². The number of hydrogen-bond donors (Lipinski definition) is 0. The lowest BCUT2D eigenvalue weighted by atomic mass is 9.43. The maximum Gasteiger partial charge on any atom is 0.333 e. The summed E-state index contributed by atoms with van der Waals surface area (Å²) in [4.78, 5) is 2.76. The molecule has 2 nitrogen and oxygen atoms in total. The Morgan fingerprint density at radius 1 is 0.448 bits per heavy atom. The highest BCUT2D eigenvalue weighted by Gasteiger charge is 2.48. The maximum atomic E-state index is 2.76. The summed E-state index contributed by atoms with van der Waals surface area (Å²) in [6.07, 6.45) is 2.42. The fourth-order valence-electron chi connectivity index (χ4n) is 13.7. The molecule has 0 saturated heterocycles. The van der Waals surface area contributed by atoms with E-state index in [4.69, 9.17) is 0 Å². The Hall–Kier alpha value is -5.80. The molecular weight excluding hydrogens is 808 g/mol. The first kappa shape index (κ1) is 41.4. The Balaban J connectivity index is 1.16. The van der Waals surface area contributed by atoms with Gasteiger partial charge in [-0.05, 0) is 166 Å². The van der Waals surface area contributed by atoms with E-state index in [1.165, 1.54) is 135 Å². The minimum Gasteiger partial charge on any atom is -0.376 e. The Kier molecular flexibility index (Phi) is 7.81. The maximum absolute atomic E-state index is 2.76. The van der Waals surface area contributed by atoms with E-state index >= 15 is 0 Å². The van der Waals surface area contributed by atoms with Gasteiger partial charge in [-0.15, -0.1) is 0 Å². The van der Waals surface area contributed by atoms with Gasteiger partial charge in [-0.2, -0.15) is 0 Å². The van der Waals surface area contributed by atoms with E-state index in [-0.39, 0.29) is 39.3 Å². The molecule has 2 aliphatic heterocycles. The Bertz CT molecular complexity index is 3540. The molecule has 3 heterocycles. The topological polar surface area (TPSA) is 8.17 Å². The molecule has 3 aliphatic carbocycles. The highest BCUT2D eigenvalue weighted by molar-refractivity contribution is 6.93. The summed E-state index contributed by atoms with van der Waals surface area (Å²) in [6.45, 7) is 33.7. The van der Waals surface area contributed by atoms with Crippen molar-refractivity contribution in [1.82, 2.24) is 4.57 Å². The van der Waals surface area contributed by atoms with Gasteiger partial charge in [0.25, 0.3) is 0 Å². The van der Waals surface area contributed by atoms with Crippen LogP contribution in [-0.2, 0) is 32.5 Å². The Labute approximate surface area is 399 Å². The van der Waals surface area contributed by atoms with Crippen LogP contribution >= 0.6 is 0 Å². The molecule has 334 valence electrons. The quantitative estimate of drug-likeness (QED) is 0.149. The molecule has 0 unspecified atom stereocenters. The first-order chi connectivity index (χ1) is 31.5. The molecule has 0 N–H and O–H groups in total. The molecule has 0 saturated carbocycles. The van der Waals surface area contributed by atoms with Gasteiger partial charge in [0.15, 0.2) is 0 Å². The van der Waals surface area contributed by atoms with Crippen LogP contribution < -0.4 is 15.7 Å². The van der Waals surface area contributed by atoms with Crippen LogP contribution in [0, 0.1) is 0 Å². The van der Waals surface area contributed by atoms with E-state index in [1.54, 1.807) is 5.56 Å². The first-order valence-corrected chi connectivity index (χ1v) is 25.2. The van der Waals surface area contributed by atoms with Crippen molar-refractivity contribution < 1.29 is 0 Å². The van der Waals surface area contributed by atoms with Crippen molar-refractivity contribution in [2.75, 3.05) is 4.81 Å². The van der Waals surface area contributed by atoms with Crippen molar-refractivity contribution in [3.05, 3.63) is 160 Å². The number of hydrogen-bond acceptors (Lipinski definition) is 1. The third kappa shape index (κ3) is 5.30. The van der Waals surface area contributed by atoms with Crippen molar-refractivity contribution in [2.45, 2.75) is 142 Å². The third-order valence-electron chi connectivity index (χ3n) is 18.0. The van der Waals surface area contributed by atoms with E-state index in [0.29, 0.717) is 0 Å². The minimum absolute atomic E-state index is 0.0236. The zero-order valence-corrected chi connectivity index (χ0v) is 42.4. The van der Waals surface area contributed by atoms with E-state index in [1.807, 2.05) is 0 Å². The largest absolute Gasteiger partial charge is 0.376 e. The summed E-state index contributed by atoms with van der Waals surface area (Å²) in [5.41, 5.74) is 29.1. The highest BCUT2D eigenvalue weighted by Crippen LogP contribution is 2.58. The summed E-state index contributed by atoms with van der Waals surface area (Å²) in [6, 6.07) is 46.8. The van der Waals surface area contributed by atoms with Gasteiger partial charge in [0, 0.05) is 44.2 Å². The summed E-state index contributed by atoms with van der Waals surface area (Å²) >= 11 is 0. The van der Waals surface area contributed by atoms with E-state index in [2.05, 4.69) is 222 Å². The van der Waals surface area contributed by atoms with E-state index in [9.17, 15) is 0 Å². The lowest BCUT2D eigenvalue weighted by Gasteiger charge is -2.43. The molecule has 0 atom stereocenters. The molecular formula is C64H65BN2. The molecule has 13 rings (SSSR count). The standard InChI is InChI=1S/C64H65BN2/c1-59(2,3)36-19-22-38(23-20-36)67-56-35-50-43(44-32-51-52(33-48(44)64(50,13)14)62(9,10)28-27-61(51,7)8)31-45(56)40-24-25-41-46-30-42-39-17-15-16-18-47(39)63(11,12)49(42)34-55(46)66-54-26-21-37(60(4,5)6)29-53(54)65(67)57(40)58(41)66/h15-26,29-35H,27-28H2,1-14H3. The summed E-state index contributed by atoms with van der Waals surface area (Å²) < 4.78 is 2.68. The highest BCUT2D eigenvalue weighted by atomic mass is 15.1. The summed E-state index contributed by atoms with van der Waals surface area (Å²) in [5, 5.41) is 2.67. The van der Waals surface area contributed by atoms with Gasteiger partial charge >= 0.3 is 6.85 Å². The SMILES string of the molecule is CC(C)(C)c1ccc(N2B3c4cc(C(C)(C)C)ccc4-n4c5cc6c(cc5c5ccc(c3c54)-c3cc4c(cc32)C(C)(C)c2cc3c(cc2-4)C(C)(C)CCC3(C)C)-c2ccccc2C6(C)C)cc1. The van der Waals surface area contributed by atoms with E-state index < -0.39 is 0 Å². The van der Waals surface area contributed by atoms with Crippen LogP contribution in [0.15, 0.2) is 115 Å². The lowest BCUT2D eigenvalue weighted by Crippen LogP contribution is -2.60. The van der Waals surface area contributed by atoms with Gasteiger partial charge < -0.3 is 9.38 Å². The van der Waals surface area contributed by atoms with Crippen LogP contribution in [-0.4, -0.2) is 11.4 Å². The molecule has 0 spiro atoms. The number of anilines is 2. The van der Waals surface area contributed by atoms with Crippen molar-refractivity contribution in [3.8, 4) is 39.1 Å². The third-order valence-corrected chi connectivity index (χ3v) is 18.0. The van der Waals surface area contributed by atoms with Gasteiger partial charge in [-0.25, -0.2) is 0 Å². The Morgan fingerprint density at radius 2 is 1.04 bits per heavy atom.